The van der Waals surface area contributed by atoms with E-state index >= 15 is 0 Å². The number of carbonyl (C=O) groups is 1. The van der Waals surface area contributed by atoms with Gasteiger partial charge in [-0.1, -0.05) is 18.5 Å². The number of nitrogens with zero attached hydrogens (tertiary/aromatic N) is 2. The molecule has 0 unspecified atom stereocenters. The monoisotopic (exact) mass is 387 g/mol. The van der Waals surface area contributed by atoms with Gasteiger partial charge in [0.15, 0.2) is 0 Å². The van der Waals surface area contributed by atoms with Crippen molar-refractivity contribution < 1.29 is 22.5 Å². The molecule has 142 valence electrons. The predicted octanol–water partition coefficient (Wildman–Crippen LogP) is 4.55. The van der Waals surface area contributed by atoms with Crippen LogP contribution in [0.2, 0.25) is 0 Å². The van der Waals surface area contributed by atoms with Crippen molar-refractivity contribution in [2.24, 2.45) is 0 Å². The predicted molar refractivity (Wildman–Crippen MR) is 94.0 cm³/mol. The molecule has 1 N–H and O–H groups in total. The zero-order valence-electron chi connectivity index (χ0n) is 14.7. The number of hydrogen-bond acceptors (Lipinski definition) is 5. The van der Waals surface area contributed by atoms with Crippen LogP contribution in [0, 0.1) is 13.8 Å². The Labute approximate surface area is 153 Å². The summed E-state index contributed by atoms with van der Waals surface area (Å²) in [6.45, 7) is 4.13. The summed E-state index contributed by atoms with van der Waals surface area (Å²) < 4.78 is 41.9. The molecule has 26 heavy (non-hydrogen) atoms. The van der Waals surface area contributed by atoms with E-state index < -0.39 is 18.6 Å². The minimum atomic E-state index is -4.45. The molecule has 0 aromatic carbocycles. The molecule has 0 aliphatic heterocycles. The smallest absolute Gasteiger partial charge is 0.361 e. The number of amides is 1. The fourth-order valence-corrected chi connectivity index (χ4v) is 3.16. The lowest BCUT2D eigenvalue weighted by Gasteiger charge is -2.07. The number of alkyl halides is 3. The van der Waals surface area contributed by atoms with Crippen LogP contribution in [-0.4, -0.2) is 28.8 Å². The molecule has 1 amide bonds. The maximum absolute atomic E-state index is 12.2. The highest BCUT2D eigenvalue weighted by molar-refractivity contribution is 7.14. The molecule has 0 saturated carbocycles. The molecule has 0 fully saturated rings. The van der Waals surface area contributed by atoms with Gasteiger partial charge in [0.05, 0.1) is 11.4 Å². The van der Waals surface area contributed by atoms with Crippen LogP contribution in [0.4, 0.5) is 13.2 Å². The van der Waals surface area contributed by atoms with Crippen molar-refractivity contribution in [2.75, 3.05) is 6.54 Å². The molecule has 0 aliphatic carbocycles. The zero-order chi connectivity index (χ0) is 19.3. The fourth-order valence-electron chi connectivity index (χ4n) is 2.28. The van der Waals surface area contributed by atoms with Gasteiger partial charge in [-0.15, -0.1) is 11.3 Å². The number of rotatable bonds is 7. The van der Waals surface area contributed by atoms with Crippen molar-refractivity contribution in [1.82, 2.24) is 15.5 Å². The van der Waals surface area contributed by atoms with Crippen LogP contribution in [0.5, 0.6) is 0 Å². The standard InChI is InChI=1S/C17H20F3N3O2S/c1-4-5-6-13-12(11(3)25-23-13)7-8-14-22-10(2)15(26-14)16(24)21-9-17(18,19)20/h7-8H,4-6,9H2,1-3H3,(H,21,24). The number of aryl methyl sites for hydroxylation is 3. The molecule has 2 aromatic heterocycles. The molecule has 5 nitrogen and oxygen atoms in total. The fraction of sp³-hybridized carbons (Fsp3) is 0.471. The Morgan fingerprint density at radius 1 is 1.31 bits per heavy atom. The van der Waals surface area contributed by atoms with Gasteiger partial charge in [-0.3, -0.25) is 4.79 Å². The second-order valence-corrected chi connectivity index (χ2v) is 6.83. The third-order valence-corrected chi connectivity index (χ3v) is 4.73. The molecule has 2 rings (SSSR count). The van der Waals surface area contributed by atoms with E-state index in [0.29, 0.717) is 16.5 Å². The Kier molecular flexibility index (Phi) is 6.57. The second kappa shape index (κ2) is 8.48. The molecule has 0 saturated heterocycles. The molecule has 0 spiro atoms. The van der Waals surface area contributed by atoms with Crippen molar-refractivity contribution in [3.8, 4) is 0 Å². The van der Waals surface area contributed by atoms with Crippen LogP contribution in [0.15, 0.2) is 4.52 Å². The normalized spacial score (nSPS) is 12.1. The van der Waals surface area contributed by atoms with Crippen LogP contribution < -0.4 is 5.32 Å². The third kappa shape index (κ3) is 5.42. The van der Waals surface area contributed by atoms with Gasteiger partial charge in [0.1, 0.15) is 22.2 Å². The summed E-state index contributed by atoms with van der Waals surface area (Å²) >= 11 is 1.04. The molecule has 2 heterocycles. The number of carbonyl (C=O) groups excluding carboxylic acids is 1. The summed E-state index contributed by atoms with van der Waals surface area (Å²) in [4.78, 5) is 16.3. The SMILES string of the molecule is CCCCc1noc(C)c1C=Cc1nc(C)c(C(=O)NCC(F)(F)F)s1. The van der Waals surface area contributed by atoms with Gasteiger partial charge in [0.25, 0.3) is 5.91 Å². The Bertz CT molecular complexity index is 794. The Balaban J connectivity index is 2.13. The van der Waals surface area contributed by atoms with E-state index in [1.54, 1.807) is 13.0 Å². The minimum Gasteiger partial charge on any atom is -0.361 e. The van der Waals surface area contributed by atoms with Gasteiger partial charge in [-0.05, 0) is 38.8 Å². The van der Waals surface area contributed by atoms with E-state index in [-0.39, 0.29) is 4.88 Å². The third-order valence-electron chi connectivity index (χ3n) is 3.61. The second-order valence-electron chi connectivity index (χ2n) is 5.80. The highest BCUT2D eigenvalue weighted by Gasteiger charge is 2.28. The van der Waals surface area contributed by atoms with Gasteiger partial charge >= 0.3 is 6.18 Å². The maximum Gasteiger partial charge on any atom is 0.405 e. The molecule has 9 heteroatoms. The first-order chi connectivity index (χ1) is 12.2. The van der Waals surface area contributed by atoms with Crippen molar-refractivity contribution in [3.05, 3.63) is 32.6 Å². The number of hydrogen-bond donors (Lipinski definition) is 1. The Morgan fingerprint density at radius 2 is 2.04 bits per heavy atom. The summed E-state index contributed by atoms with van der Waals surface area (Å²) in [6.07, 6.45) is 1.91. The van der Waals surface area contributed by atoms with Crippen LogP contribution in [0.25, 0.3) is 12.2 Å². The molecular formula is C17H20F3N3O2S. The molecule has 0 atom stereocenters. The van der Waals surface area contributed by atoms with Gasteiger partial charge in [0, 0.05) is 5.56 Å². The van der Waals surface area contributed by atoms with Crippen molar-refractivity contribution in [2.45, 2.75) is 46.2 Å². The maximum atomic E-state index is 12.2. The van der Waals surface area contributed by atoms with Crippen molar-refractivity contribution in [3.63, 3.8) is 0 Å². The highest BCUT2D eigenvalue weighted by atomic mass is 32.1. The van der Waals surface area contributed by atoms with Gasteiger partial charge < -0.3 is 9.84 Å². The van der Waals surface area contributed by atoms with Crippen LogP contribution >= 0.6 is 11.3 Å². The number of aromatic nitrogens is 2. The number of thiazole rings is 1. The van der Waals surface area contributed by atoms with E-state index in [1.807, 2.05) is 18.3 Å². The molecule has 0 radical (unpaired) electrons. The molecule has 2 aromatic rings. The van der Waals surface area contributed by atoms with E-state index in [0.717, 1.165) is 41.9 Å². The van der Waals surface area contributed by atoms with Crippen LogP contribution in [0.3, 0.4) is 0 Å². The Morgan fingerprint density at radius 3 is 2.69 bits per heavy atom. The highest BCUT2D eigenvalue weighted by Crippen LogP contribution is 2.23. The summed E-state index contributed by atoms with van der Waals surface area (Å²) in [5, 5.41) is 6.44. The largest absolute Gasteiger partial charge is 0.405 e. The number of nitrogens with one attached hydrogen (secondary N) is 1. The van der Waals surface area contributed by atoms with E-state index in [1.165, 1.54) is 0 Å². The first-order valence-corrected chi connectivity index (χ1v) is 8.98. The first kappa shape index (κ1) is 20.2. The number of halogens is 3. The van der Waals surface area contributed by atoms with Gasteiger partial charge in [0.2, 0.25) is 0 Å². The van der Waals surface area contributed by atoms with E-state index in [9.17, 15) is 18.0 Å². The zero-order valence-corrected chi connectivity index (χ0v) is 15.6. The summed E-state index contributed by atoms with van der Waals surface area (Å²) in [5.41, 5.74) is 2.12. The summed E-state index contributed by atoms with van der Waals surface area (Å²) in [6, 6.07) is 0. The van der Waals surface area contributed by atoms with Crippen molar-refractivity contribution >= 4 is 29.4 Å². The van der Waals surface area contributed by atoms with Crippen molar-refractivity contribution in [1.29, 1.82) is 0 Å². The number of unbranched alkanes of at least 4 members (excludes halogenated alkanes) is 1. The summed E-state index contributed by atoms with van der Waals surface area (Å²) in [7, 11) is 0. The average Bonchev–Trinajstić information content (AvgIpc) is 3.10. The lowest BCUT2D eigenvalue weighted by molar-refractivity contribution is -0.123. The molecular weight excluding hydrogens is 367 g/mol. The van der Waals surface area contributed by atoms with Crippen LogP contribution in [0.1, 0.15) is 57.2 Å². The van der Waals surface area contributed by atoms with Gasteiger partial charge in [-0.25, -0.2) is 4.98 Å². The van der Waals surface area contributed by atoms with Crippen LogP contribution in [-0.2, 0) is 6.42 Å². The Hall–Kier alpha value is -2.16. The molecule has 0 aliphatic rings. The van der Waals surface area contributed by atoms with E-state index in [2.05, 4.69) is 17.1 Å². The topological polar surface area (TPSA) is 68.0 Å². The first-order valence-electron chi connectivity index (χ1n) is 8.17. The van der Waals surface area contributed by atoms with Gasteiger partial charge in [-0.2, -0.15) is 13.2 Å². The minimum absolute atomic E-state index is 0.169. The quantitative estimate of drug-likeness (QED) is 0.757. The lowest BCUT2D eigenvalue weighted by atomic mass is 10.1. The summed E-state index contributed by atoms with van der Waals surface area (Å²) in [5.74, 6) is -0.0921. The average molecular weight is 387 g/mol. The lowest BCUT2D eigenvalue weighted by Crippen LogP contribution is -2.33. The molecule has 0 bridgehead atoms. The van der Waals surface area contributed by atoms with E-state index in [4.69, 9.17) is 4.52 Å².